The number of alkyl halides is 3. The van der Waals surface area contributed by atoms with E-state index in [-0.39, 0.29) is 11.3 Å². The number of rotatable bonds is 2. The molecule has 18 heavy (non-hydrogen) atoms. The van der Waals surface area contributed by atoms with Gasteiger partial charge in [0.1, 0.15) is 5.76 Å². The quantitative estimate of drug-likeness (QED) is 0.891. The predicted molar refractivity (Wildman–Crippen MR) is 56.1 cm³/mol. The van der Waals surface area contributed by atoms with Gasteiger partial charge in [-0.3, -0.25) is 0 Å². The van der Waals surface area contributed by atoms with E-state index in [1.807, 2.05) is 0 Å². The summed E-state index contributed by atoms with van der Waals surface area (Å²) in [5, 5.41) is 8.73. The van der Waals surface area contributed by atoms with Crippen LogP contribution in [-0.2, 0) is 6.18 Å². The van der Waals surface area contributed by atoms with Crippen LogP contribution in [0, 0.1) is 0 Å². The number of furan rings is 1. The maximum atomic E-state index is 12.7. The Bertz CT molecular complexity index is 571. The lowest BCUT2D eigenvalue weighted by atomic mass is 10.0. The van der Waals surface area contributed by atoms with E-state index in [0.717, 1.165) is 12.1 Å². The van der Waals surface area contributed by atoms with Crippen LogP contribution in [0.4, 0.5) is 13.2 Å². The van der Waals surface area contributed by atoms with Crippen LogP contribution in [-0.4, -0.2) is 11.1 Å². The molecule has 2 rings (SSSR count). The minimum Gasteiger partial charge on any atom is -0.478 e. The van der Waals surface area contributed by atoms with E-state index in [4.69, 9.17) is 9.52 Å². The number of hydrogen-bond donors (Lipinski definition) is 1. The number of aromatic carboxylic acids is 1. The van der Waals surface area contributed by atoms with Crippen LogP contribution in [0.3, 0.4) is 0 Å². The van der Waals surface area contributed by atoms with E-state index in [0.29, 0.717) is 0 Å². The topological polar surface area (TPSA) is 50.4 Å². The Labute approximate surface area is 99.5 Å². The molecule has 3 nitrogen and oxygen atoms in total. The van der Waals surface area contributed by atoms with Gasteiger partial charge in [-0.2, -0.15) is 13.2 Å². The van der Waals surface area contributed by atoms with Gasteiger partial charge >= 0.3 is 12.1 Å². The second-order valence-electron chi connectivity index (χ2n) is 3.54. The van der Waals surface area contributed by atoms with Gasteiger partial charge in [-0.25, -0.2) is 4.79 Å². The molecular formula is C12H7F3O3. The van der Waals surface area contributed by atoms with Crippen LogP contribution in [0.1, 0.15) is 15.9 Å². The summed E-state index contributed by atoms with van der Waals surface area (Å²) in [7, 11) is 0. The fourth-order valence-electron chi connectivity index (χ4n) is 1.56. The highest BCUT2D eigenvalue weighted by Gasteiger charge is 2.35. The monoisotopic (exact) mass is 256 g/mol. The maximum Gasteiger partial charge on any atom is 0.417 e. The first-order valence-electron chi connectivity index (χ1n) is 4.88. The molecule has 0 spiro atoms. The molecule has 0 aliphatic rings. The lowest BCUT2D eigenvalue weighted by Gasteiger charge is -2.11. The molecule has 6 heteroatoms. The Morgan fingerprint density at radius 2 is 1.94 bits per heavy atom. The summed E-state index contributed by atoms with van der Waals surface area (Å²) in [5.74, 6) is -1.37. The summed E-state index contributed by atoms with van der Waals surface area (Å²) < 4.78 is 43.2. The molecule has 0 bridgehead atoms. The Balaban J connectivity index is 2.60. The molecule has 1 aromatic carbocycles. The first-order valence-corrected chi connectivity index (χ1v) is 4.88. The van der Waals surface area contributed by atoms with Crippen LogP contribution in [0.25, 0.3) is 11.3 Å². The second kappa shape index (κ2) is 4.21. The van der Waals surface area contributed by atoms with Crippen molar-refractivity contribution in [3.05, 3.63) is 47.7 Å². The van der Waals surface area contributed by atoms with Crippen LogP contribution >= 0.6 is 0 Å². The van der Waals surface area contributed by atoms with Gasteiger partial charge in [0.15, 0.2) is 0 Å². The third-order valence-electron chi connectivity index (χ3n) is 2.36. The highest BCUT2D eigenvalue weighted by molar-refractivity contribution is 5.90. The van der Waals surface area contributed by atoms with Crippen molar-refractivity contribution in [2.45, 2.75) is 6.18 Å². The lowest BCUT2D eigenvalue weighted by Crippen LogP contribution is -2.12. The Hall–Kier alpha value is -2.24. The minimum atomic E-state index is -4.73. The normalized spacial score (nSPS) is 11.5. The van der Waals surface area contributed by atoms with E-state index >= 15 is 0 Å². The van der Waals surface area contributed by atoms with Crippen molar-refractivity contribution < 1.29 is 27.5 Å². The van der Waals surface area contributed by atoms with Gasteiger partial charge in [0.2, 0.25) is 0 Å². The van der Waals surface area contributed by atoms with E-state index in [9.17, 15) is 18.0 Å². The van der Waals surface area contributed by atoms with Crippen molar-refractivity contribution in [1.82, 2.24) is 0 Å². The number of carbonyl (C=O) groups is 1. The van der Waals surface area contributed by atoms with Gasteiger partial charge in [-0.1, -0.05) is 6.07 Å². The first-order chi connectivity index (χ1) is 8.39. The third-order valence-corrected chi connectivity index (χ3v) is 2.36. The molecule has 0 radical (unpaired) electrons. The standard InChI is InChI=1S/C12H7F3O3/c13-12(14,15)9-6-7(10-2-1-5-18-10)3-4-8(9)11(16)17/h1-6H,(H,16,17). The zero-order valence-corrected chi connectivity index (χ0v) is 8.86. The molecule has 0 aliphatic carbocycles. The van der Waals surface area contributed by atoms with Gasteiger partial charge in [0, 0.05) is 5.56 Å². The Morgan fingerprint density at radius 3 is 2.44 bits per heavy atom. The average Bonchev–Trinajstić information content (AvgIpc) is 2.80. The van der Waals surface area contributed by atoms with Crippen LogP contribution in [0.15, 0.2) is 41.0 Å². The minimum absolute atomic E-state index is 0.178. The molecule has 2 aromatic rings. The van der Waals surface area contributed by atoms with Crippen molar-refractivity contribution in [3.8, 4) is 11.3 Å². The molecule has 1 N–H and O–H groups in total. The first kappa shape index (κ1) is 12.2. The van der Waals surface area contributed by atoms with Crippen molar-refractivity contribution in [2.24, 2.45) is 0 Å². The van der Waals surface area contributed by atoms with E-state index in [2.05, 4.69) is 0 Å². The Morgan fingerprint density at radius 1 is 1.22 bits per heavy atom. The molecular weight excluding hydrogens is 249 g/mol. The molecule has 0 aliphatic heterocycles. The highest BCUT2D eigenvalue weighted by Crippen LogP contribution is 2.35. The molecule has 0 saturated heterocycles. The van der Waals surface area contributed by atoms with Crippen molar-refractivity contribution in [2.75, 3.05) is 0 Å². The molecule has 0 saturated carbocycles. The molecule has 0 unspecified atom stereocenters. The maximum absolute atomic E-state index is 12.7. The molecule has 1 aromatic heterocycles. The van der Waals surface area contributed by atoms with Crippen LogP contribution in [0.5, 0.6) is 0 Å². The van der Waals surface area contributed by atoms with Gasteiger partial charge in [0.25, 0.3) is 0 Å². The smallest absolute Gasteiger partial charge is 0.417 e. The molecule has 0 fully saturated rings. The van der Waals surface area contributed by atoms with Crippen LogP contribution in [0.2, 0.25) is 0 Å². The molecule has 0 atom stereocenters. The summed E-state index contributed by atoms with van der Waals surface area (Å²) in [6.07, 6.45) is -3.40. The molecule has 1 heterocycles. The second-order valence-corrected chi connectivity index (χ2v) is 3.54. The van der Waals surface area contributed by atoms with Crippen molar-refractivity contribution in [3.63, 3.8) is 0 Å². The highest BCUT2D eigenvalue weighted by atomic mass is 19.4. The van der Waals surface area contributed by atoms with E-state index < -0.39 is 23.3 Å². The summed E-state index contributed by atoms with van der Waals surface area (Å²) in [4.78, 5) is 10.7. The summed E-state index contributed by atoms with van der Waals surface area (Å²) in [6.45, 7) is 0. The number of benzene rings is 1. The van der Waals surface area contributed by atoms with E-state index in [1.54, 1.807) is 0 Å². The van der Waals surface area contributed by atoms with Gasteiger partial charge in [-0.15, -0.1) is 0 Å². The summed E-state index contributed by atoms with van der Waals surface area (Å²) in [6, 6.07) is 5.99. The van der Waals surface area contributed by atoms with Crippen LogP contribution < -0.4 is 0 Å². The average molecular weight is 256 g/mol. The number of carboxylic acids is 1. The Kier molecular flexibility index (Phi) is 2.86. The van der Waals surface area contributed by atoms with E-state index in [1.165, 1.54) is 24.5 Å². The molecule has 94 valence electrons. The fraction of sp³-hybridized carbons (Fsp3) is 0.0833. The van der Waals surface area contributed by atoms with Crippen molar-refractivity contribution >= 4 is 5.97 Å². The number of hydrogen-bond acceptors (Lipinski definition) is 2. The number of halogens is 3. The van der Waals surface area contributed by atoms with Gasteiger partial charge in [0.05, 0.1) is 17.4 Å². The summed E-state index contributed by atoms with van der Waals surface area (Å²) >= 11 is 0. The largest absolute Gasteiger partial charge is 0.478 e. The SMILES string of the molecule is O=C(O)c1ccc(-c2ccco2)cc1C(F)(F)F. The zero-order valence-electron chi connectivity index (χ0n) is 8.86. The number of carboxylic acid groups (broad SMARTS) is 1. The summed E-state index contributed by atoms with van der Waals surface area (Å²) in [5.41, 5.74) is -1.79. The lowest BCUT2D eigenvalue weighted by molar-refractivity contribution is -0.138. The van der Waals surface area contributed by atoms with Gasteiger partial charge in [-0.05, 0) is 24.3 Å². The fourth-order valence-corrected chi connectivity index (χ4v) is 1.56. The molecule has 0 amide bonds. The van der Waals surface area contributed by atoms with Gasteiger partial charge < -0.3 is 9.52 Å². The zero-order chi connectivity index (χ0) is 13.3. The van der Waals surface area contributed by atoms with Crippen molar-refractivity contribution in [1.29, 1.82) is 0 Å². The predicted octanol–water partition coefficient (Wildman–Crippen LogP) is 3.66. The third kappa shape index (κ3) is 2.22.